The number of benzene rings is 1. The number of nitrogens with one attached hydrogen (secondary N) is 1. The van der Waals surface area contributed by atoms with Gasteiger partial charge < -0.3 is 11.1 Å². The Balaban J connectivity index is 2.95. The predicted octanol–water partition coefficient (Wildman–Crippen LogP) is 3.10. The minimum Gasteiger partial charge on any atom is -0.398 e. The number of hydrogen-bond donors (Lipinski definition) is 3. The topological polar surface area (TPSA) is 55.1 Å². The number of rotatable bonds is 6. The lowest BCUT2D eigenvalue weighted by molar-refractivity contribution is -0.121. The van der Waals surface area contributed by atoms with Gasteiger partial charge in [-0.2, -0.15) is 12.6 Å². The highest BCUT2D eigenvalue weighted by Gasteiger charge is 2.19. The van der Waals surface area contributed by atoms with Crippen molar-refractivity contribution < 1.29 is 4.79 Å². The van der Waals surface area contributed by atoms with E-state index in [4.69, 9.17) is 5.73 Å². The van der Waals surface area contributed by atoms with E-state index < -0.39 is 0 Å². The summed E-state index contributed by atoms with van der Waals surface area (Å²) in [6, 6.07) is 7.44. The number of amides is 1. The average molecular weight is 278 g/mol. The number of nitrogens with two attached hydrogens (primary N) is 1. The van der Waals surface area contributed by atoms with Gasteiger partial charge >= 0.3 is 0 Å². The summed E-state index contributed by atoms with van der Waals surface area (Å²) in [6.45, 7) is 7.81. The smallest absolute Gasteiger partial charge is 0.233 e. The molecule has 0 heterocycles. The Hall–Kier alpha value is -1.42. The van der Waals surface area contributed by atoms with E-state index in [1.54, 1.807) is 6.92 Å². The van der Waals surface area contributed by atoms with Gasteiger partial charge in [0.1, 0.15) is 0 Å². The van der Waals surface area contributed by atoms with E-state index in [-0.39, 0.29) is 17.2 Å². The molecule has 1 aromatic carbocycles. The maximum absolute atomic E-state index is 11.8. The molecular formula is C15H22N2OS. The van der Waals surface area contributed by atoms with Crippen LogP contribution in [-0.2, 0) is 4.79 Å². The molecule has 0 fully saturated rings. The van der Waals surface area contributed by atoms with Crippen LogP contribution in [0.5, 0.6) is 0 Å². The SMILES string of the molecule is C=C(CC)CC(NC(=O)C(C)S)c1ccccc1N. The zero-order valence-corrected chi connectivity index (χ0v) is 12.4. The molecule has 0 spiro atoms. The van der Waals surface area contributed by atoms with Crippen molar-refractivity contribution in [2.24, 2.45) is 0 Å². The second-order valence-electron chi connectivity index (χ2n) is 4.67. The van der Waals surface area contributed by atoms with Gasteiger partial charge in [0.25, 0.3) is 0 Å². The Morgan fingerprint density at radius 3 is 2.63 bits per heavy atom. The number of nitrogen functional groups attached to an aromatic ring is 1. The lowest BCUT2D eigenvalue weighted by Crippen LogP contribution is -2.34. The zero-order chi connectivity index (χ0) is 14.4. The summed E-state index contributed by atoms with van der Waals surface area (Å²) >= 11 is 4.15. The molecule has 0 bridgehead atoms. The molecule has 0 aliphatic heterocycles. The minimum absolute atomic E-state index is 0.0968. The summed E-state index contributed by atoms with van der Waals surface area (Å²) in [6.07, 6.45) is 1.58. The Morgan fingerprint density at radius 2 is 2.11 bits per heavy atom. The van der Waals surface area contributed by atoms with Crippen LogP contribution >= 0.6 is 12.6 Å². The average Bonchev–Trinajstić information content (AvgIpc) is 2.38. The van der Waals surface area contributed by atoms with E-state index in [0.29, 0.717) is 12.1 Å². The van der Waals surface area contributed by atoms with E-state index in [1.807, 2.05) is 24.3 Å². The molecule has 0 aliphatic rings. The molecule has 2 unspecified atom stereocenters. The molecule has 4 heteroatoms. The molecule has 1 rings (SSSR count). The van der Waals surface area contributed by atoms with Gasteiger partial charge in [0, 0.05) is 5.69 Å². The van der Waals surface area contributed by atoms with Crippen LogP contribution < -0.4 is 11.1 Å². The molecule has 0 radical (unpaired) electrons. The van der Waals surface area contributed by atoms with Crippen LogP contribution in [-0.4, -0.2) is 11.2 Å². The highest BCUT2D eigenvalue weighted by atomic mass is 32.1. The van der Waals surface area contributed by atoms with Crippen molar-refractivity contribution in [2.75, 3.05) is 5.73 Å². The van der Waals surface area contributed by atoms with Gasteiger partial charge in [0.15, 0.2) is 0 Å². The third-order valence-electron chi connectivity index (χ3n) is 3.06. The monoisotopic (exact) mass is 278 g/mol. The molecule has 0 aliphatic carbocycles. The van der Waals surface area contributed by atoms with Crippen LogP contribution in [0.1, 0.15) is 38.3 Å². The standard InChI is InChI=1S/C15H22N2OS/c1-4-10(2)9-14(17-15(18)11(3)19)12-7-5-6-8-13(12)16/h5-8,11,14,19H,2,4,9,16H2,1,3H3,(H,17,18). The molecule has 0 saturated carbocycles. The van der Waals surface area contributed by atoms with Gasteiger partial charge in [0.05, 0.1) is 11.3 Å². The number of anilines is 1. The maximum Gasteiger partial charge on any atom is 0.233 e. The highest BCUT2D eigenvalue weighted by Crippen LogP contribution is 2.26. The van der Waals surface area contributed by atoms with E-state index in [1.165, 1.54) is 0 Å². The Labute approximate surface area is 120 Å². The van der Waals surface area contributed by atoms with Crippen LogP contribution in [0.25, 0.3) is 0 Å². The van der Waals surface area contributed by atoms with Gasteiger partial charge in [0.2, 0.25) is 5.91 Å². The van der Waals surface area contributed by atoms with Crippen molar-refractivity contribution in [1.29, 1.82) is 0 Å². The summed E-state index contributed by atoms with van der Waals surface area (Å²) in [5.74, 6) is -0.0968. The van der Waals surface area contributed by atoms with Crippen LogP contribution in [0.4, 0.5) is 5.69 Å². The normalized spacial score (nSPS) is 13.6. The summed E-state index contributed by atoms with van der Waals surface area (Å²) in [7, 11) is 0. The molecule has 1 amide bonds. The summed E-state index contributed by atoms with van der Waals surface area (Å²) in [5.41, 5.74) is 8.69. The van der Waals surface area contributed by atoms with E-state index in [9.17, 15) is 4.79 Å². The van der Waals surface area contributed by atoms with Crippen LogP contribution in [0.2, 0.25) is 0 Å². The van der Waals surface area contributed by atoms with Gasteiger partial charge in [-0.15, -0.1) is 0 Å². The largest absolute Gasteiger partial charge is 0.398 e. The molecule has 19 heavy (non-hydrogen) atoms. The van der Waals surface area contributed by atoms with E-state index in [0.717, 1.165) is 17.6 Å². The fourth-order valence-electron chi connectivity index (χ4n) is 1.79. The molecule has 1 aromatic rings. The number of thiol groups is 1. The summed E-state index contributed by atoms with van der Waals surface area (Å²) in [4.78, 5) is 11.8. The first-order valence-corrected chi connectivity index (χ1v) is 6.96. The first-order valence-electron chi connectivity index (χ1n) is 6.45. The molecule has 0 saturated heterocycles. The quantitative estimate of drug-likeness (QED) is 0.425. The third-order valence-corrected chi connectivity index (χ3v) is 3.29. The van der Waals surface area contributed by atoms with Crippen LogP contribution in [0.15, 0.2) is 36.4 Å². The lowest BCUT2D eigenvalue weighted by Gasteiger charge is -2.22. The van der Waals surface area contributed by atoms with Gasteiger partial charge in [-0.1, -0.05) is 37.3 Å². The number of para-hydroxylation sites is 1. The Kier molecular flexibility index (Phi) is 5.96. The highest BCUT2D eigenvalue weighted by molar-refractivity contribution is 7.81. The third kappa shape index (κ3) is 4.63. The van der Waals surface area contributed by atoms with Gasteiger partial charge in [-0.3, -0.25) is 4.79 Å². The lowest BCUT2D eigenvalue weighted by atomic mass is 9.97. The Morgan fingerprint density at radius 1 is 1.47 bits per heavy atom. The number of carbonyl (C=O) groups excluding carboxylic acids is 1. The van der Waals surface area contributed by atoms with E-state index in [2.05, 4.69) is 31.4 Å². The van der Waals surface area contributed by atoms with Crippen molar-refractivity contribution in [1.82, 2.24) is 5.32 Å². The molecule has 0 aromatic heterocycles. The summed E-state index contributed by atoms with van der Waals surface area (Å²) in [5, 5.41) is 2.64. The van der Waals surface area contributed by atoms with Crippen molar-refractivity contribution >= 4 is 24.2 Å². The van der Waals surface area contributed by atoms with Crippen molar-refractivity contribution in [3.05, 3.63) is 42.0 Å². The summed E-state index contributed by atoms with van der Waals surface area (Å²) < 4.78 is 0. The molecule has 3 N–H and O–H groups in total. The molecular weight excluding hydrogens is 256 g/mol. The zero-order valence-electron chi connectivity index (χ0n) is 11.5. The molecule has 2 atom stereocenters. The van der Waals surface area contributed by atoms with E-state index >= 15 is 0 Å². The first-order chi connectivity index (χ1) is 8.95. The Bertz CT molecular complexity index is 457. The van der Waals surface area contributed by atoms with Crippen molar-refractivity contribution in [2.45, 2.75) is 38.0 Å². The maximum atomic E-state index is 11.8. The van der Waals surface area contributed by atoms with Crippen LogP contribution in [0, 0.1) is 0 Å². The number of hydrogen-bond acceptors (Lipinski definition) is 3. The van der Waals surface area contributed by atoms with Gasteiger partial charge in [-0.05, 0) is 31.4 Å². The molecule has 3 nitrogen and oxygen atoms in total. The fraction of sp³-hybridized carbons (Fsp3) is 0.400. The second kappa shape index (κ2) is 7.24. The van der Waals surface area contributed by atoms with Crippen LogP contribution in [0.3, 0.4) is 0 Å². The second-order valence-corrected chi connectivity index (χ2v) is 5.45. The van der Waals surface area contributed by atoms with Crippen molar-refractivity contribution in [3.8, 4) is 0 Å². The predicted molar refractivity (Wildman–Crippen MR) is 84.2 cm³/mol. The molecule has 104 valence electrons. The first kappa shape index (κ1) is 15.6. The van der Waals surface area contributed by atoms with Gasteiger partial charge in [-0.25, -0.2) is 0 Å². The van der Waals surface area contributed by atoms with Crippen molar-refractivity contribution in [3.63, 3.8) is 0 Å². The number of carbonyl (C=O) groups is 1. The minimum atomic E-state index is -0.345. The fourth-order valence-corrected chi connectivity index (χ4v) is 1.87.